The number of amides is 1. The summed E-state index contributed by atoms with van der Waals surface area (Å²) in [6.45, 7) is 13.3. The van der Waals surface area contributed by atoms with Gasteiger partial charge in [-0.1, -0.05) is 12.1 Å². The second-order valence-corrected chi connectivity index (χ2v) is 9.96. The number of hydrogen-bond donors (Lipinski definition) is 0. The van der Waals surface area contributed by atoms with Crippen LogP contribution in [0.3, 0.4) is 0 Å². The predicted molar refractivity (Wildman–Crippen MR) is 117 cm³/mol. The van der Waals surface area contributed by atoms with Gasteiger partial charge in [0.05, 0.1) is 13.0 Å². The first kappa shape index (κ1) is 24.0. The summed E-state index contributed by atoms with van der Waals surface area (Å²) >= 11 is 0. The van der Waals surface area contributed by atoms with E-state index in [0.717, 1.165) is 43.7 Å². The van der Waals surface area contributed by atoms with Gasteiger partial charge < -0.3 is 19.1 Å². The summed E-state index contributed by atoms with van der Waals surface area (Å²) in [6.07, 6.45) is 2.87. The first-order chi connectivity index (χ1) is 13.9. The van der Waals surface area contributed by atoms with Gasteiger partial charge in [-0.15, -0.1) is 0 Å². The van der Waals surface area contributed by atoms with Gasteiger partial charge >= 0.3 is 12.1 Å². The zero-order valence-corrected chi connectivity index (χ0v) is 19.3. The molecular formula is C24H37NO5. The molecule has 0 aliphatic carbocycles. The highest BCUT2D eigenvalue weighted by atomic mass is 16.6. The second-order valence-electron chi connectivity index (χ2n) is 9.96. The SMILES string of the molecule is CC(C)(C)OC(=O)Cc1cccc(OCCC2CCN(C(=O)OC(C)(C)C)CC2)c1. The van der Waals surface area contributed by atoms with Crippen LogP contribution in [0, 0.1) is 5.92 Å². The van der Waals surface area contributed by atoms with Crippen LogP contribution in [0.4, 0.5) is 4.79 Å². The monoisotopic (exact) mass is 419 g/mol. The average molecular weight is 420 g/mol. The van der Waals surface area contributed by atoms with Crippen LogP contribution in [0.5, 0.6) is 5.75 Å². The van der Waals surface area contributed by atoms with Gasteiger partial charge in [0, 0.05) is 13.1 Å². The molecule has 0 atom stereocenters. The first-order valence-electron chi connectivity index (χ1n) is 10.8. The van der Waals surface area contributed by atoms with Crippen molar-refractivity contribution in [2.24, 2.45) is 5.92 Å². The molecule has 0 saturated carbocycles. The molecule has 1 aromatic carbocycles. The second kappa shape index (κ2) is 10.2. The molecule has 0 aromatic heterocycles. The lowest BCUT2D eigenvalue weighted by Gasteiger charge is -2.33. The minimum atomic E-state index is -0.482. The van der Waals surface area contributed by atoms with Gasteiger partial charge in [0.1, 0.15) is 17.0 Å². The Kier molecular flexibility index (Phi) is 8.16. The number of carbonyl (C=O) groups is 2. The number of piperidine rings is 1. The largest absolute Gasteiger partial charge is 0.494 e. The summed E-state index contributed by atoms with van der Waals surface area (Å²) in [5, 5.41) is 0. The van der Waals surface area contributed by atoms with E-state index < -0.39 is 11.2 Å². The molecular weight excluding hydrogens is 382 g/mol. The molecule has 1 fully saturated rings. The Labute approximate surface area is 180 Å². The molecule has 168 valence electrons. The Morgan fingerprint density at radius 1 is 1.00 bits per heavy atom. The number of nitrogens with zero attached hydrogens (tertiary/aromatic N) is 1. The highest BCUT2D eigenvalue weighted by Gasteiger charge is 2.26. The van der Waals surface area contributed by atoms with Gasteiger partial charge in [-0.25, -0.2) is 4.79 Å². The molecule has 1 amide bonds. The maximum atomic E-state index is 12.2. The summed E-state index contributed by atoms with van der Waals surface area (Å²) in [5.41, 5.74) is -0.0586. The van der Waals surface area contributed by atoms with Gasteiger partial charge in [0.25, 0.3) is 0 Å². The minimum absolute atomic E-state index is 0.223. The smallest absolute Gasteiger partial charge is 0.410 e. The standard InChI is InChI=1S/C24H37NO5/c1-23(2,3)29-21(26)17-19-8-7-9-20(16-19)28-15-12-18-10-13-25(14-11-18)22(27)30-24(4,5)6/h7-9,16,18H,10-15,17H2,1-6H3. The van der Waals surface area contributed by atoms with Crippen LogP contribution in [-0.2, 0) is 20.7 Å². The third kappa shape index (κ3) is 9.06. The normalized spacial score (nSPS) is 15.6. The summed E-state index contributed by atoms with van der Waals surface area (Å²) in [4.78, 5) is 26.0. The fourth-order valence-electron chi connectivity index (χ4n) is 3.36. The molecule has 2 rings (SSSR count). The molecule has 30 heavy (non-hydrogen) atoms. The van der Waals surface area contributed by atoms with Crippen LogP contribution in [0.1, 0.15) is 66.4 Å². The van der Waals surface area contributed by atoms with Gasteiger partial charge in [0.15, 0.2) is 0 Å². The number of carbonyl (C=O) groups excluding carboxylic acids is 2. The minimum Gasteiger partial charge on any atom is -0.494 e. The van der Waals surface area contributed by atoms with E-state index in [-0.39, 0.29) is 18.5 Å². The van der Waals surface area contributed by atoms with Crippen LogP contribution in [0.15, 0.2) is 24.3 Å². The lowest BCUT2D eigenvalue weighted by molar-refractivity contribution is -0.153. The van der Waals surface area contributed by atoms with Crippen molar-refractivity contribution in [3.05, 3.63) is 29.8 Å². The Hall–Kier alpha value is -2.24. The maximum absolute atomic E-state index is 12.2. The van der Waals surface area contributed by atoms with Crippen molar-refractivity contribution in [1.29, 1.82) is 0 Å². The zero-order valence-electron chi connectivity index (χ0n) is 19.3. The van der Waals surface area contributed by atoms with Crippen molar-refractivity contribution in [1.82, 2.24) is 4.90 Å². The van der Waals surface area contributed by atoms with Crippen LogP contribution in [0.2, 0.25) is 0 Å². The number of ether oxygens (including phenoxy) is 3. The van der Waals surface area contributed by atoms with Gasteiger partial charge in [0.2, 0.25) is 0 Å². The highest BCUT2D eigenvalue weighted by Crippen LogP contribution is 2.23. The van der Waals surface area contributed by atoms with Crippen LogP contribution < -0.4 is 4.74 Å². The molecule has 1 aliphatic heterocycles. The quantitative estimate of drug-likeness (QED) is 0.608. The highest BCUT2D eigenvalue weighted by molar-refractivity contribution is 5.73. The van der Waals surface area contributed by atoms with E-state index in [1.165, 1.54) is 0 Å². The predicted octanol–water partition coefficient (Wildman–Crippen LogP) is 4.99. The molecule has 1 heterocycles. The molecule has 0 radical (unpaired) electrons. The lowest BCUT2D eigenvalue weighted by Crippen LogP contribution is -2.41. The van der Waals surface area contributed by atoms with Crippen molar-refractivity contribution in [2.45, 2.75) is 78.4 Å². The summed E-state index contributed by atoms with van der Waals surface area (Å²) in [5.74, 6) is 1.06. The third-order valence-corrected chi connectivity index (χ3v) is 4.73. The molecule has 6 nitrogen and oxygen atoms in total. The van der Waals surface area contributed by atoms with E-state index in [2.05, 4.69) is 0 Å². The van der Waals surface area contributed by atoms with Crippen LogP contribution in [0.25, 0.3) is 0 Å². The van der Waals surface area contributed by atoms with Crippen molar-refractivity contribution in [2.75, 3.05) is 19.7 Å². The van der Waals surface area contributed by atoms with Gasteiger partial charge in [-0.05, 0) is 84.4 Å². The molecule has 0 N–H and O–H groups in total. The number of rotatable bonds is 6. The van der Waals surface area contributed by atoms with E-state index in [4.69, 9.17) is 14.2 Å². The van der Waals surface area contributed by atoms with Crippen molar-refractivity contribution in [3.8, 4) is 5.75 Å². The summed E-state index contributed by atoms with van der Waals surface area (Å²) in [7, 11) is 0. The number of benzene rings is 1. The molecule has 1 aliphatic rings. The van der Waals surface area contributed by atoms with E-state index in [1.54, 1.807) is 4.90 Å². The Morgan fingerprint density at radius 3 is 2.23 bits per heavy atom. The van der Waals surface area contributed by atoms with Crippen molar-refractivity contribution in [3.63, 3.8) is 0 Å². The number of hydrogen-bond acceptors (Lipinski definition) is 5. The van der Waals surface area contributed by atoms with Crippen LogP contribution >= 0.6 is 0 Å². The van der Waals surface area contributed by atoms with Gasteiger partial charge in [-0.3, -0.25) is 4.79 Å². The number of esters is 1. The van der Waals surface area contributed by atoms with E-state index in [0.29, 0.717) is 12.5 Å². The topological polar surface area (TPSA) is 65.1 Å². The summed E-state index contributed by atoms with van der Waals surface area (Å²) in [6, 6.07) is 7.61. The lowest BCUT2D eigenvalue weighted by atomic mass is 9.94. The summed E-state index contributed by atoms with van der Waals surface area (Å²) < 4.78 is 16.7. The fourth-order valence-corrected chi connectivity index (χ4v) is 3.36. The number of likely N-dealkylation sites (tertiary alicyclic amines) is 1. The Bertz CT molecular complexity index is 709. The van der Waals surface area contributed by atoms with E-state index in [9.17, 15) is 9.59 Å². The molecule has 0 unspecified atom stereocenters. The Morgan fingerprint density at radius 2 is 1.63 bits per heavy atom. The maximum Gasteiger partial charge on any atom is 0.410 e. The average Bonchev–Trinajstić information content (AvgIpc) is 2.59. The van der Waals surface area contributed by atoms with Crippen molar-refractivity contribution >= 4 is 12.1 Å². The van der Waals surface area contributed by atoms with Crippen molar-refractivity contribution < 1.29 is 23.8 Å². The molecule has 1 aromatic rings. The molecule has 0 spiro atoms. The van der Waals surface area contributed by atoms with Crippen LogP contribution in [-0.4, -0.2) is 47.9 Å². The molecule has 6 heteroatoms. The first-order valence-corrected chi connectivity index (χ1v) is 10.8. The van der Waals surface area contributed by atoms with E-state index in [1.807, 2.05) is 65.8 Å². The fraction of sp³-hybridized carbons (Fsp3) is 0.667. The molecule has 1 saturated heterocycles. The van der Waals surface area contributed by atoms with E-state index >= 15 is 0 Å². The van der Waals surface area contributed by atoms with Gasteiger partial charge in [-0.2, -0.15) is 0 Å². The zero-order chi connectivity index (χ0) is 22.4. The molecule has 0 bridgehead atoms. The third-order valence-electron chi connectivity index (χ3n) is 4.73. The Balaban J connectivity index is 1.72.